The molecule has 7 heteroatoms. The fourth-order valence-corrected chi connectivity index (χ4v) is 2.78. The van der Waals surface area contributed by atoms with E-state index in [2.05, 4.69) is 5.32 Å². The summed E-state index contributed by atoms with van der Waals surface area (Å²) in [5.41, 5.74) is 2.08. The lowest BCUT2D eigenvalue weighted by Gasteiger charge is -2.20. The van der Waals surface area contributed by atoms with Crippen molar-refractivity contribution in [2.45, 2.75) is 26.0 Å². The summed E-state index contributed by atoms with van der Waals surface area (Å²) in [6.45, 7) is 2.55. The Morgan fingerprint density at radius 3 is 2.61 bits per heavy atom. The normalized spacial score (nSPS) is 11.8. The fraction of sp³-hybridized carbons (Fsp3) is 0.333. The minimum Gasteiger partial charge on any atom is -0.481 e. The Hall–Kier alpha value is -2.77. The van der Waals surface area contributed by atoms with Gasteiger partial charge in [0.1, 0.15) is 5.82 Å². The molecule has 0 fully saturated rings. The van der Waals surface area contributed by atoms with Crippen molar-refractivity contribution in [2.24, 2.45) is 0 Å². The van der Waals surface area contributed by atoms with Crippen molar-refractivity contribution in [1.29, 1.82) is 0 Å². The van der Waals surface area contributed by atoms with E-state index in [4.69, 9.17) is 9.47 Å². The van der Waals surface area contributed by atoms with Crippen LogP contribution in [-0.2, 0) is 20.9 Å². The zero-order valence-corrected chi connectivity index (χ0v) is 15.9. The first kappa shape index (κ1) is 21.5. The number of aryl methyl sites for hydroxylation is 1. The average molecular weight is 389 g/mol. The predicted octanol–water partition coefficient (Wildman–Crippen LogP) is 3.24. The van der Waals surface area contributed by atoms with Gasteiger partial charge in [-0.05, 0) is 36.2 Å². The first-order valence-corrected chi connectivity index (χ1v) is 8.85. The van der Waals surface area contributed by atoms with Gasteiger partial charge in [0.25, 0.3) is 5.91 Å². The molecule has 28 heavy (non-hydrogen) atoms. The van der Waals surface area contributed by atoms with Gasteiger partial charge >= 0.3 is 5.97 Å². The van der Waals surface area contributed by atoms with Crippen LogP contribution >= 0.6 is 0 Å². The number of rotatable bonds is 10. The van der Waals surface area contributed by atoms with E-state index in [0.29, 0.717) is 13.2 Å². The van der Waals surface area contributed by atoms with Crippen LogP contribution in [0, 0.1) is 12.7 Å². The lowest BCUT2D eigenvalue weighted by atomic mass is 9.98. The summed E-state index contributed by atoms with van der Waals surface area (Å²) < 4.78 is 24.2. The molecule has 0 aliphatic rings. The highest BCUT2D eigenvalue weighted by Crippen LogP contribution is 2.22. The number of carboxylic acids is 1. The fourth-order valence-electron chi connectivity index (χ4n) is 2.78. The molecular weight excluding hydrogens is 365 g/mol. The van der Waals surface area contributed by atoms with Gasteiger partial charge in [-0.1, -0.05) is 24.3 Å². The molecule has 2 aromatic carbocycles. The molecule has 0 spiro atoms. The molecule has 6 nitrogen and oxygen atoms in total. The Bertz CT molecular complexity index is 824. The third-order valence-corrected chi connectivity index (χ3v) is 4.25. The monoisotopic (exact) mass is 389 g/mol. The zero-order chi connectivity index (χ0) is 20.5. The van der Waals surface area contributed by atoms with Gasteiger partial charge in [0.15, 0.2) is 0 Å². The molecule has 0 saturated heterocycles. The summed E-state index contributed by atoms with van der Waals surface area (Å²) in [5, 5.41) is 12.0. The van der Waals surface area contributed by atoms with Crippen LogP contribution in [0.1, 0.15) is 39.5 Å². The minimum atomic E-state index is -1.03. The minimum absolute atomic E-state index is 0.00661. The first-order valence-electron chi connectivity index (χ1n) is 8.85. The van der Waals surface area contributed by atoms with Gasteiger partial charge in [0.2, 0.25) is 0 Å². The number of ether oxygens (including phenoxy) is 2. The van der Waals surface area contributed by atoms with Crippen LogP contribution in [0.3, 0.4) is 0 Å². The Morgan fingerprint density at radius 1 is 1.18 bits per heavy atom. The SMILES string of the molecule is COCCOCc1cc(C(=O)NC(CC(=O)O)c2ccccc2C)ccc1F. The van der Waals surface area contributed by atoms with Gasteiger partial charge in [-0.3, -0.25) is 9.59 Å². The van der Waals surface area contributed by atoms with Crippen LogP contribution in [0.4, 0.5) is 4.39 Å². The number of methoxy groups -OCH3 is 1. The number of carbonyl (C=O) groups excluding carboxylic acids is 1. The molecule has 1 unspecified atom stereocenters. The predicted molar refractivity (Wildman–Crippen MR) is 102 cm³/mol. The van der Waals surface area contributed by atoms with Crippen molar-refractivity contribution in [3.8, 4) is 0 Å². The first-order chi connectivity index (χ1) is 13.4. The molecule has 0 bridgehead atoms. The number of benzene rings is 2. The second kappa shape index (κ2) is 10.5. The van der Waals surface area contributed by atoms with Gasteiger partial charge in [-0.25, -0.2) is 4.39 Å². The summed E-state index contributed by atoms with van der Waals surface area (Å²) >= 11 is 0. The van der Waals surface area contributed by atoms with Crippen LogP contribution in [0.2, 0.25) is 0 Å². The molecular formula is C21H24FNO5. The number of aliphatic carboxylic acids is 1. The Labute approximate surface area is 163 Å². The Morgan fingerprint density at radius 2 is 1.93 bits per heavy atom. The van der Waals surface area contributed by atoms with Gasteiger partial charge in [0, 0.05) is 18.2 Å². The van der Waals surface area contributed by atoms with Crippen molar-refractivity contribution >= 4 is 11.9 Å². The highest BCUT2D eigenvalue weighted by Gasteiger charge is 2.21. The quantitative estimate of drug-likeness (QED) is 0.610. The molecule has 1 amide bonds. The van der Waals surface area contributed by atoms with E-state index >= 15 is 0 Å². The van der Waals surface area contributed by atoms with E-state index < -0.39 is 23.7 Å². The highest BCUT2D eigenvalue weighted by molar-refractivity contribution is 5.95. The molecule has 2 N–H and O–H groups in total. The van der Waals surface area contributed by atoms with Crippen LogP contribution in [-0.4, -0.2) is 37.3 Å². The lowest BCUT2D eigenvalue weighted by molar-refractivity contribution is -0.137. The third-order valence-electron chi connectivity index (χ3n) is 4.25. The van der Waals surface area contributed by atoms with E-state index in [0.717, 1.165) is 11.1 Å². The Balaban J connectivity index is 2.16. The number of carboxylic acid groups (broad SMARTS) is 1. The van der Waals surface area contributed by atoms with Crippen molar-refractivity contribution in [3.05, 3.63) is 70.5 Å². The molecule has 2 rings (SSSR count). The molecule has 0 saturated carbocycles. The maximum absolute atomic E-state index is 14.0. The third kappa shape index (κ3) is 6.14. The van der Waals surface area contributed by atoms with E-state index in [-0.39, 0.29) is 24.2 Å². The summed E-state index contributed by atoms with van der Waals surface area (Å²) in [5.74, 6) is -1.98. The van der Waals surface area contributed by atoms with E-state index in [1.54, 1.807) is 12.1 Å². The van der Waals surface area contributed by atoms with Crippen molar-refractivity contribution in [3.63, 3.8) is 0 Å². The smallest absolute Gasteiger partial charge is 0.305 e. The molecule has 150 valence electrons. The largest absolute Gasteiger partial charge is 0.481 e. The standard InChI is InChI=1S/C21H24FNO5/c1-14-5-3-4-6-17(14)19(12-20(24)25)23-21(26)15-7-8-18(22)16(11-15)13-28-10-9-27-2/h3-8,11,19H,9-10,12-13H2,1-2H3,(H,23,26)(H,24,25). The van der Waals surface area contributed by atoms with Crippen molar-refractivity contribution in [1.82, 2.24) is 5.32 Å². The Kier molecular flexibility index (Phi) is 8.10. The van der Waals surface area contributed by atoms with Crippen LogP contribution in [0.25, 0.3) is 0 Å². The number of hydrogen-bond donors (Lipinski definition) is 2. The number of halogens is 1. The van der Waals surface area contributed by atoms with Crippen LogP contribution in [0.15, 0.2) is 42.5 Å². The summed E-state index contributed by atoms with van der Waals surface area (Å²) in [6.07, 6.45) is -0.259. The topological polar surface area (TPSA) is 84.9 Å². The second-order valence-corrected chi connectivity index (χ2v) is 6.33. The molecule has 1 atom stereocenters. The number of nitrogens with one attached hydrogen (secondary N) is 1. The number of amides is 1. The molecule has 0 aromatic heterocycles. The van der Waals surface area contributed by atoms with E-state index in [9.17, 15) is 19.1 Å². The van der Waals surface area contributed by atoms with Gasteiger partial charge < -0.3 is 19.9 Å². The second-order valence-electron chi connectivity index (χ2n) is 6.33. The summed E-state index contributed by atoms with van der Waals surface area (Å²) in [4.78, 5) is 23.9. The number of carbonyl (C=O) groups is 2. The molecule has 2 aromatic rings. The van der Waals surface area contributed by atoms with Crippen molar-refractivity contribution in [2.75, 3.05) is 20.3 Å². The van der Waals surface area contributed by atoms with Crippen LogP contribution in [0.5, 0.6) is 0 Å². The molecule has 0 aliphatic carbocycles. The van der Waals surface area contributed by atoms with Crippen LogP contribution < -0.4 is 5.32 Å². The molecule has 0 aliphatic heterocycles. The van der Waals surface area contributed by atoms with Crippen molar-refractivity contribution < 1.29 is 28.6 Å². The van der Waals surface area contributed by atoms with E-state index in [1.807, 2.05) is 19.1 Å². The lowest BCUT2D eigenvalue weighted by Crippen LogP contribution is -2.30. The van der Waals surface area contributed by atoms with Gasteiger partial charge in [0.05, 0.1) is 32.3 Å². The van der Waals surface area contributed by atoms with Gasteiger partial charge in [-0.2, -0.15) is 0 Å². The highest BCUT2D eigenvalue weighted by atomic mass is 19.1. The summed E-state index contributed by atoms with van der Waals surface area (Å²) in [6, 6.07) is 10.5. The van der Waals surface area contributed by atoms with Gasteiger partial charge in [-0.15, -0.1) is 0 Å². The molecule has 0 radical (unpaired) electrons. The molecule has 0 heterocycles. The maximum atomic E-state index is 14.0. The maximum Gasteiger partial charge on any atom is 0.305 e. The summed E-state index contributed by atoms with van der Waals surface area (Å²) in [7, 11) is 1.54. The van der Waals surface area contributed by atoms with E-state index in [1.165, 1.54) is 25.3 Å². The average Bonchev–Trinajstić information content (AvgIpc) is 2.66. The number of hydrogen-bond acceptors (Lipinski definition) is 4. The zero-order valence-electron chi connectivity index (χ0n) is 15.9.